The highest BCUT2D eigenvalue weighted by Crippen LogP contribution is 2.15. The van der Waals surface area contributed by atoms with E-state index in [1.54, 1.807) is 42.5 Å². The van der Waals surface area contributed by atoms with Crippen molar-refractivity contribution in [1.29, 1.82) is 0 Å². The lowest BCUT2D eigenvalue weighted by atomic mass is 10.3. The molecule has 2 N–H and O–H groups in total. The summed E-state index contributed by atoms with van der Waals surface area (Å²) in [5.41, 5.74) is 0. The minimum Gasteiger partial charge on any atom is -0.492 e. The predicted octanol–water partition coefficient (Wildman–Crippen LogP) is 2.20. The Balaban J connectivity index is 1.63. The van der Waals surface area contributed by atoms with E-state index in [2.05, 4.69) is 10.0 Å². The third-order valence-corrected chi connectivity index (χ3v) is 4.93. The van der Waals surface area contributed by atoms with Crippen LogP contribution < -0.4 is 14.8 Å². The normalized spacial score (nSPS) is 11.1. The van der Waals surface area contributed by atoms with Crippen LogP contribution in [0.4, 0.5) is 0 Å². The fourth-order valence-corrected chi connectivity index (χ4v) is 3.14. The van der Waals surface area contributed by atoms with E-state index in [0.29, 0.717) is 23.9 Å². The Kier molecular flexibility index (Phi) is 7.24. The summed E-state index contributed by atoms with van der Waals surface area (Å²) in [7, 11) is -3.59. The van der Waals surface area contributed by atoms with Gasteiger partial charge in [-0.25, -0.2) is 13.1 Å². The van der Waals surface area contributed by atoms with E-state index >= 15 is 0 Å². The molecule has 0 fully saturated rings. The van der Waals surface area contributed by atoms with Crippen LogP contribution in [0.1, 0.15) is 6.42 Å². The number of carbonyl (C=O) groups excluding carboxylic acids is 1. The zero-order valence-electron chi connectivity index (χ0n) is 13.4. The van der Waals surface area contributed by atoms with E-state index in [1.807, 2.05) is 0 Å². The summed E-state index contributed by atoms with van der Waals surface area (Å²) in [6.45, 7) is 0.664. The van der Waals surface area contributed by atoms with Gasteiger partial charge < -0.3 is 10.1 Å². The second-order valence-electron chi connectivity index (χ2n) is 5.11. The van der Waals surface area contributed by atoms with Crippen molar-refractivity contribution in [2.24, 2.45) is 0 Å². The van der Waals surface area contributed by atoms with E-state index in [4.69, 9.17) is 16.3 Å². The summed E-state index contributed by atoms with van der Waals surface area (Å²) >= 11 is 5.77. The van der Waals surface area contributed by atoms with Gasteiger partial charge >= 0.3 is 0 Å². The largest absolute Gasteiger partial charge is 0.492 e. The fourth-order valence-electron chi connectivity index (χ4n) is 1.96. The maximum Gasteiger partial charge on any atom is 0.240 e. The van der Waals surface area contributed by atoms with Crippen molar-refractivity contribution in [1.82, 2.24) is 10.0 Å². The second-order valence-corrected chi connectivity index (χ2v) is 7.32. The Morgan fingerprint density at radius 1 is 1.00 bits per heavy atom. The number of ether oxygens (including phenoxy) is 1. The molecule has 0 heterocycles. The number of nitrogens with one attached hydrogen (secondary N) is 2. The third-order valence-electron chi connectivity index (χ3n) is 3.20. The first-order chi connectivity index (χ1) is 12.0. The Labute approximate surface area is 152 Å². The molecule has 6 nitrogen and oxygen atoms in total. The molecule has 0 saturated carbocycles. The molecular formula is C17H19ClN2O4S. The van der Waals surface area contributed by atoms with Crippen molar-refractivity contribution in [3.63, 3.8) is 0 Å². The van der Waals surface area contributed by atoms with Gasteiger partial charge in [-0.3, -0.25) is 4.79 Å². The first-order valence-corrected chi connectivity index (χ1v) is 9.53. The summed E-state index contributed by atoms with van der Waals surface area (Å²) in [4.78, 5) is 11.9. The van der Waals surface area contributed by atoms with Crippen molar-refractivity contribution in [3.05, 3.63) is 59.6 Å². The smallest absolute Gasteiger partial charge is 0.240 e. The number of benzene rings is 2. The molecule has 2 rings (SSSR count). The molecular weight excluding hydrogens is 364 g/mol. The molecule has 8 heteroatoms. The van der Waals surface area contributed by atoms with Crippen LogP contribution in [-0.4, -0.2) is 34.0 Å². The number of amides is 1. The van der Waals surface area contributed by atoms with Crippen LogP contribution in [0.25, 0.3) is 0 Å². The highest BCUT2D eigenvalue weighted by atomic mass is 35.5. The Morgan fingerprint density at radius 3 is 2.36 bits per heavy atom. The van der Waals surface area contributed by atoms with Crippen molar-refractivity contribution < 1.29 is 17.9 Å². The summed E-state index contributed by atoms with van der Waals surface area (Å²) in [6.07, 6.45) is 0.0486. The number of hydrogen-bond donors (Lipinski definition) is 2. The van der Waals surface area contributed by atoms with Gasteiger partial charge in [0.25, 0.3) is 0 Å². The van der Waals surface area contributed by atoms with Crippen molar-refractivity contribution in [2.45, 2.75) is 11.3 Å². The molecule has 1 amide bonds. The zero-order valence-corrected chi connectivity index (χ0v) is 15.0. The lowest BCUT2D eigenvalue weighted by Crippen LogP contribution is -2.32. The highest BCUT2D eigenvalue weighted by molar-refractivity contribution is 7.89. The SMILES string of the molecule is O=C(CCNS(=O)(=O)c1ccccc1)NCCOc1ccc(Cl)cc1. The Hall–Kier alpha value is -2.09. The van der Waals surface area contributed by atoms with Crippen molar-refractivity contribution in [2.75, 3.05) is 19.7 Å². The van der Waals surface area contributed by atoms with E-state index in [0.717, 1.165) is 0 Å². The maximum absolute atomic E-state index is 12.0. The third kappa shape index (κ3) is 6.74. The maximum atomic E-state index is 12.0. The van der Waals surface area contributed by atoms with Gasteiger partial charge in [0.15, 0.2) is 0 Å². The van der Waals surface area contributed by atoms with Crippen LogP contribution in [-0.2, 0) is 14.8 Å². The average molecular weight is 383 g/mol. The number of carbonyl (C=O) groups is 1. The molecule has 2 aromatic carbocycles. The van der Waals surface area contributed by atoms with Gasteiger partial charge in [-0.2, -0.15) is 0 Å². The Bertz CT molecular complexity index is 780. The van der Waals surface area contributed by atoms with Gasteiger partial charge in [0.1, 0.15) is 12.4 Å². The second kappa shape index (κ2) is 9.41. The molecule has 0 spiro atoms. The van der Waals surface area contributed by atoms with Gasteiger partial charge in [0.2, 0.25) is 15.9 Å². The standard InChI is InChI=1S/C17H19ClN2O4S/c18-14-6-8-15(9-7-14)24-13-12-19-17(21)10-11-20-25(22,23)16-4-2-1-3-5-16/h1-9,20H,10-13H2,(H,19,21). The van der Waals surface area contributed by atoms with E-state index in [1.165, 1.54) is 12.1 Å². The monoisotopic (exact) mass is 382 g/mol. The van der Waals surface area contributed by atoms with Crippen molar-refractivity contribution >= 4 is 27.5 Å². The van der Waals surface area contributed by atoms with Crippen LogP contribution in [0.3, 0.4) is 0 Å². The zero-order chi connectivity index (χ0) is 18.1. The van der Waals surface area contributed by atoms with Crippen LogP contribution in [0.15, 0.2) is 59.5 Å². The summed E-state index contributed by atoms with van der Waals surface area (Å²) < 4.78 is 31.8. The molecule has 0 aliphatic heterocycles. The Morgan fingerprint density at radius 2 is 1.68 bits per heavy atom. The highest BCUT2D eigenvalue weighted by Gasteiger charge is 2.13. The molecule has 25 heavy (non-hydrogen) atoms. The van der Waals surface area contributed by atoms with Gasteiger partial charge in [-0.15, -0.1) is 0 Å². The molecule has 2 aromatic rings. The minimum atomic E-state index is -3.59. The fraction of sp³-hybridized carbons (Fsp3) is 0.235. The molecule has 0 unspecified atom stereocenters. The number of rotatable bonds is 9. The molecule has 0 aromatic heterocycles. The molecule has 0 bridgehead atoms. The molecule has 0 saturated heterocycles. The van der Waals surface area contributed by atoms with Crippen LogP contribution in [0.5, 0.6) is 5.75 Å². The first kappa shape index (κ1) is 19.2. The molecule has 0 radical (unpaired) electrons. The van der Waals surface area contributed by atoms with Gasteiger partial charge in [-0.05, 0) is 36.4 Å². The number of halogens is 1. The lowest BCUT2D eigenvalue weighted by molar-refractivity contribution is -0.121. The van der Waals surface area contributed by atoms with Crippen LogP contribution in [0, 0.1) is 0 Å². The summed E-state index contributed by atoms with van der Waals surface area (Å²) in [6, 6.07) is 14.9. The van der Waals surface area contributed by atoms with Crippen molar-refractivity contribution in [3.8, 4) is 5.75 Å². The van der Waals surface area contributed by atoms with E-state index in [9.17, 15) is 13.2 Å². The van der Waals surface area contributed by atoms with Gasteiger partial charge in [0, 0.05) is 18.0 Å². The van der Waals surface area contributed by atoms with Gasteiger partial charge in [0.05, 0.1) is 11.4 Å². The van der Waals surface area contributed by atoms with Gasteiger partial charge in [-0.1, -0.05) is 29.8 Å². The number of sulfonamides is 1. The molecule has 0 aliphatic carbocycles. The molecule has 134 valence electrons. The summed E-state index contributed by atoms with van der Waals surface area (Å²) in [5.74, 6) is 0.407. The summed E-state index contributed by atoms with van der Waals surface area (Å²) in [5, 5.41) is 3.29. The first-order valence-electron chi connectivity index (χ1n) is 7.67. The predicted molar refractivity (Wildman–Crippen MR) is 96.2 cm³/mol. The molecule has 0 aliphatic rings. The topological polar surface area (TPSA) is 84.5 Å². The lowest BCUT2D eigenvalue weighted by Gasteiger charge is -2.09. The van der Waals surface area contributed by atoms with E-state index in [-0.39, 0.29) is 23.8 Å². The minimum absolute atomic E-state index is 0.0289. The van der Waals surface area contributed by atoms with Crippen LogP contribution in [0.2, 0.25) is 5.02 Å². The average Bonchev–Trinajstić information content (AvgIpc) is 2.61. The quantitative estimate of drug-likeness (QED) is 0.651. The number of hydrogen-bond acceptors (Lipinski definition) is 4. The molecule has 0 atom stereocenters. The van der Waals surface area contributed by atoms with Crippen LogP contribution >= 0.6 is 11.6 Å². The van der Waals surface area contributed by atoms with E-state index < -0.39 is 10.0 Å².